The molecule has 0 amide bonds. The molecule has 0 saturated heterocycles. The van der Waals surface area contributed by atoms with E-state index in [2.05, 4.69) is 51.3 Å². The monoisotopic (exact) mass is 336 g/mol. The first-order valence-electron chi connectivity index (χ1n) is 8.01. The van der Waals surface area contributed by atoms with Crippen LogP contribution in [0.5, 0.6) is 0 Å². The van der Waals surface area contributed by atoms with Crippen molar-refractivity contribution in [2.45, 2.75) is 51.1 Å². The second-order valence-electron chi connectivity index (χ2n) is 6.17. The predicted molar refractivity (Wildman–Crippen MR) is 88.2 cm³/mol. The third-order valence-electron chi connectivity index (χ3n) is 4.70. The molecule has 110 valence electrons. The Kier molecular flexibility index (Phi) is 4.79. The fraction of sp³-hybridized carbons (Fsp3) is 0.647. The Bertz CT molecular complexity index is 456. The van der Waals surface area contributed by atoms with Gasteiger partial charge in [-0.2, -0.15) is 0 Å². The van der Waals surface area contributed by atoms with Crippen LogP contribution in [0.4, 0.5) is 0 Å². The zero-order valence-corrected chi connectivity index (χ0v) is 14.0. The summed E-state index contributed by atoms with van der Waals surface area (Å²) in [4.78, 5) is 2.63. The highest BCUT2D eigenvalue weighted by molar-refractivity contribution is 9.10. The van der Waals surface area contributed by atoms with Gasteiger partial charge < -0.3 is 5.32 Å². The lowest BCUT2D eigenvalue weighted by molar-refractivity contribution is 0.270. The topological polar surface area (TPSA) is 15.3 Å². The molecule has 0 heterocycles. The molecule has 0 spiro atoms. The normalized spacial score (nSPS) is 22.1. The molecule has 3 rings (SSSR count). The maximum atomic E-state index is 3.77. The number of halogens is 1. The van der Waals surface area contributed by atoms with E-state index in [1.54, 1.807) is 0 Å². The van der Waals surface area contributed by atoms with Crippen molar-refractivity contribution < 1.29 is 0 Å². The molecule has 1 aromatic carbocycles. The number of fused-ring (bicyclic) bond motifs is 1. The fourth-order valence-corrected chi connectivity index (χ4v) is 3.76. The van der Waals surface area contributed by atoms with Gasteiger partial charge in [0.15, 0.2) is 0 Å². The average molecular weight is 337 g/mol. The van der Waals surface area contributed by atoms with Crippen LogP contribution in [-0.4, -0.2) is 36.6 Å². The minimum atomic E-state index is 0.668. The zero-order chi connectivity index (χ0) is 13.9. The number of nitrogens with one attached hydrogen (secondary N) is 1. The SMILES string of the molecule is CCN(CCNC1CCc2cc(Br)ccc2C1)C1CC1. The molecule has 2 aliphatic rings. The number of hydrogen-bond donors (Lipinski definition) is 1. The van der Waals surface area contributed by atoms with E-state index in [1.807, 2.05) is 0 Å². The van der Waals surface area contributed by atoms with Crippen molar-refractivity contribution in [3.63, 3.8) is 0 Å². The van der Waals surface area contributed by atoms with E-state index in [-0.39, 0.29) is 0 Å². The van der Waals surface area contributed by atoms with Crippen LogP contribution in [0, 0.1) is 0 Å². The molecule has 0 radical (unpaired) electrons. The van der Waals surface area contributed by atoms with Gasteiger partial charge in [-0.25, -0.2) is 0 Å². The first-order valence-corrected chi connectivity index (χ1v) is 8.80. The van der Waals surface area contributed by atoms with Crippen LogP contribution < -0.4 is 5.32 Å². The van der Waals surface area contributed by atoms with Crippen LogP contribution >= 0.6 is 15.9 Å². The third-order valence-corrected chi connectivity index (χ3v) is 5.19. The molecular weight excluding hydrogens is 312 g/mol. The predicted octanol–water partition coefficient (Wildman–Crippen LogP) is 3.38. The van der Waals surface area contributed by atoms with Gasteiger partial charge in [-0.1, -0.05) is 28.9 Å². The van der Waals surface area contributed by atoms with Crippen molar-refractivity contribution >= 4 is 15.9 Å². The summed E-state index contributed by atoms with van der Waals surface area (Å²) in [6, 6.07) is 8.31. The van der Waals surface area contributed by atoms with Crippen molar-refractivity contribution in [2.75, 3.05) is 19.6 Å². The van der Waals surface area contributed by atoms with Gasteiger partial charge in [0.25, 0.3) is 0 Å². The molecule has 2 nitrogen and oxygen atoms in total. The van der Waals surface area contributed by atoms with Crippen molar-refractivity contribution in [3.05, 3.63) is 33.8 Å². The Morgan fingerprint density at radius 2 is 2.10 bits per heavy atom. The molecule has 20 heavy (non-hydrogen) atoms. The Morgan fingerprint density at radius 1 is 1.25 bits per heavy atom. The molecule has 1 fully saturated rings. The van der Waals surface area contributed by atoms with Gasteiger partial charge in [0.2, 0.25) is 0 Å². The second-order valence-corrected chi connectivity index (χ2v) is 7.08. The van der Waals surface area contributed by atoms with E-state index in [0.717, 1.165) is 12.6 Å². The summed E-state index contributed by atoms with van der Waals surface area (Å²) in [7, 11) is 0. The number of hydrogen-bond acceptors (Lipinski definition) is 2. The summed E-state index contributed by atoms with van der Waals surface area (Å²) in [5.74, 6) is 0. The minimum absolute atomic E-state index is 0.668. The largest absolute Gasteiger partial charge is 0.312 e. The van der Waals surface area contributed by atoms with E-state index in [0.29, 0.717) is 6.04 Å². The molecule has 0 aliphatic heterocycles. The average Bonchev–Trinajstić information content (AvgIpc) is 3.28. The molecule has 1 unspecified atom stereocenters. The number of aryl methyl sites for hydroxylation is 1. The Balaban J connectivity index is 1.46. The van der Waals surface area contributed by atoms with Gasteiger partial charge in [-0.15, -0.1) is 0 Å². The van der Waals surface area contributed by atoms with E-state index in [4.69, 9.17) is 0 Å². The lowest BCUT2D eigenvalue weighted by atomic mass is 9.88. The van der Waals surface area contributed by atoms with Crippen LogP contribution in [0.25, 0.3) is 0 Å². The first-order chi connectivity index (χ1) is 9.76. The van der Waals surface area contributed by atoms with Gasteiger partial charge in [-0.05, 0) is 61.9 Å². The minimum Gasteiger partial charge on any atom is -0.312 e. The van der Waals surface area contributed by atoms with E-state index >= 15 is 0 Å². The molecule has 3 heteroatoms. The van der Waals surface area contributed by atoms with Crippen molar-refractivity contribution in [3.8, 4) is 0 Å². The van der Waals surface area contributed by atoms with Crippen molar-refractivity contribution in [1.82, 2.24) is 10.2 Å². The summed E-state index contributed by atoms with van der Waals surface area (Å²) >= 11 is 3.57. The number of benzene rings is 1. The van der Waals surface area contributed by atoms with Crippen LogP contribution in [0.1, 0.15) is 37.3 Å². The third kappa shape index (κ3) is 3.63. The smallest absolute Gasteiger partial charge is 0.0178 e. The Hall–Kier alpha value is -0.380. The standard InChI is InChI=1S/C17H25BrN2/c1-2-20(17-7-8-17)10-9-19-16-6-4-13-11-15(18)5-3-14(13)12-16/h3,5,11,16-17,19H,2,4,6-10,12H2,1H3. The lowest BCUT2D eigenvalue weighted by Crippen LogP contribution is -2.40. The summed E-state index contributed by atoms with van der Waals surface area (Å²) in [6.45, 7) is 5.84. The highest BCUT2D eigenvalue weighted by Gasteiger charge is 2.27. The summed E-state index contributed by atoms with van der Waals surface area (Å²) in [5.41, 5.74) is 3.07. The number of rotatable bonds is 6. The number of likely N-dealkylation sites (N-methyl/N-ethyl adjacent to an activating group) is 1. The van der Waals surface area contributed by atoms with Gasteiger partial charge in [0, 0.05) is 29.6 Å². The van der Waals surface area contributed by atoms with Crippen molar-refractivity contribution in [1.29, 1.82) is 0 Å². The molecule has 1 atom stereocenters. The molecular formula is C17H25BrN2. The molecule has 2 aliphatic carbocycles. The van der Waals surface area contributed by atoms with Gasteiger partial charge >= 0.3 is 0 Å². The molecule has 1 saturated carbocycles. The fourth-order valence-electron chi connectivity index (χ4n) is 3.35. The van der Waals surface area contributed by atoms with E-state index in [9.17, 15) is 0 Å². The van der Waals surface area contributed by atoms with Crippen LogP contribution in [-0.2, 0) is 12.8 Å². The summed E-state index contributed by atoms with van der Waals surface area (Å²) < 4.78 is 1.21. The van der Waals surface area contributed by atoms with Gasteiger partial charge in [-0.3, -0.25) is 4.90 Å². The lowest BCUT2D eigenvalue weighted by Gasteiger charge is -2.27. The maximum Gasteiger partial charge on any atom is 0.0178 e. The van der Waals surface area contributed by atoms with Crippen LogP contribution in [0.3, 0.4) is 0 Å². The van der Waals surface area contributed by atoms with Gasteiger partial charge in [0.1, 0.15) is 0 Å². The highest BCUT2D eigenvalue weighted by atomic mass is 79.9. The van der Waals surface area contributed by atoms with E-state index in [1.165, 1.54) is 60.8 Å². The first kappa shape index (κ1) is 14.6. The highest BCUT2D eigenvalue weighted by Crippen LogP contribution is 2.26. The Labute approximate surface area is 131 Å². The molecule has 1 N–H and O–H groups in total. The summed E-state index contributed by atoms with van der Waals surface area (Å²) in [6.07, 6.45) is 6.52. The number of nitrogens with zero attached hydrogens (tertiary/aromatic N) is 1. The maximum absolute atomic E-state index is 3.77. The van der Waals surface area contributed by atoms with Crippen LogP contribution in [0.2, 0.25) is 0 Å². The van der Waals surface area contributed by atoms with Crippen LogP contribution in [0.15, 0.2) is 22.7 Å². The van der Waals surface area contributed by atoms with Gasteiger partial charge in [0.05, 0.1) is 0 Å². The zero-order valence-electron chi connectivity index (χ0n) is 12.4. The molecule has 0 bridgehead atoms. The molecule has 0 aromatic heterocycles. The molecule has 1 aromatic rings. The van der Waals surface area contributed by atoms with E-state index < -0.39 is 0 Å². The quantitative estimate of drug-likeness (QED) is 0.856. The Morgan fingerprint density at radius 3 is 2.85 bits per heavy atom. The second kappa shape index (κ2) is 6.59. The van der Waals surface area contributed by atoms with Crippen molar-refractivity contribution in [2.24, 2.45) is 0 Å². The summed E-state index contributed by atoms with van der Waals surface area (Å²) in [5, 5.41) is 3.77.